The van der Waals surface area contributed by atoms with E-state index < -0.39 is 0 Å². The molecule has 19 heavy (non-hydrogen) atoms. The Hall–Kier alpha value is -1.88. The molecular formula is C14H16N2O2S. The minimum atomic E-state index is -0.117. The first kappa shape index (κ1) is 13.5. The largest absolute Gasteiger partial charge is 0.337 e. The number of pyridine rings is 1. The Kier molecular flexibility index (Phi) is 3.85. The van der Waals surface area contributed by atoms with Crippen LogP contribution in [0.15, 0.2) is 34.6 Å². The van der Waals surface area contributed by atoms with Crippen LogP contribution in [0.1, 0.15) is 20.8 Å². The van der Waals surface area contributed by atoms with E-state index in [1.165, 1.54) is 21.1 Å². The lowest BCUT2D eigenvalue weighted by Gasteiger charge is -2.17. The van der Waals surface area contributed by atoms with Crippen LogP contribution in [0.2, 0.25) is 0 Å². The number of nitrogens with zero attached hydrogens (tertiary/aromatic N) is 2. The van der Waals surface area contributed by atoms with Crippen LogP contribution >= 0.6 is 11.3 Å². The van der Waals surface area contributed by atoms with Gasteiger partial charge in [0.2, 0.25) is 5.56 Å². The van der Waals surface area contributed by atoms with Crippen molar-refractivity contribution in [3.05, 3.63) is 56.1 Å². The summed E-state index contributed by atoms with van der Waals surface area (Å²) in [5.74, 6) is -0.0802. The first-order chi connectivity index (χ1) is 8.99. The van der Waals surface area contributed by atoms with Gasteiger partial charge in [0.05, 0.1) is 12.1 Å². The lowest BCUT2D eigenvalue weighted by atomic mass is 10.2. The van der Waals surface area contributed by atoms with E-state index in [-0.39, 0.29) is 11.5 Å². The number of carbonyl (C=O) groups is 1. The normalized spacial score (nSPS) is 10.5. The van der Waals surface area contributed by atoms with E-state index in [0.29, 0.717) is 12.1 Å². The fraction of sp³-hybridized carbons (Fsp3) is 0.286. The molecule has 100 valence electrons. The summed E-state index contributed by atoms with van der Waals surface area (Å²) in [7, 11) is 3.41. The van der Waals surface area contributed by atoms with Crippen molar-refractivity contribution in [3.8, 4) is 0 Å². The van der Waals surface area contributed by atoms with Crippen molar-refractivity contribution in [2.75, 3.05) is 7.05 Å². The average molecular weight is 276 g/mol. The molecule has 2 aromatic rings. The van der Waals surface area contributed by atoms with Gasteiger partial charge in [0.1, 0.15) is 0 Å². The first-order valence-electron chi connectivity index (χ1n) is 5.94. The third-order valence-electron chi connectivity index (χ3n) is 3.03. The molecule has 2 aromatic heterocycles. The molecule has 0 aliphatic carbocycles. The van der Waals surface area contributed by atoms with E-state index in [2.05, 4.69) is 0 Å². The summed E-state index contributed by atoms with van der Waals surface area (Å²) in [5.41, 5.74) is 1.61. The van der Waals surface area contributed by atoms with E-state index in [0.717, 1.165) is 0 Å². The maximum Gasteiger partial charge on any atom is 0.255 e. The number of hydrogen-bond donors (Lipinski definition) is 0. The third kappa shape index (κ3) is 2.93. The molecule has 0 fully saturated rings. The van der Waals surface area contributed by atoms with Gasteiger partial charge in [-0.05, 0) is 30.0 Å². The molecule has 0 N–H and O–H groups in total. The van der Waals surface area contributed by atoms with E-state index in [9.17, 15) is 9.59 Å². The van der Waals surface area contributed by atoms with Crippen molar-refractivity contribution in [1.82, 2.24) is 9.47 Å². The lowest BCUT2D eigenvalue weighted by molar-refractivity contribution is 0.0785. The second-order valence-corrected chi connectivity index (χ2v) is 5.56. The molecule has 2 rings (SSSR count). The van der Waals surface area contributed by atoms with Gasteiger partial charge >= 0.3 is 0 Å². The van der Waals surface area contributed by atoms with E-state index in [4.69, 9.17) is 0 Å². The highest BCUT2D eigenvalue weighted by atomic mass is 32.1. The summed E-state index contributed by atoms with van der Waals surface area (Å²) in [5, 5.41) is 2.02. The number of carbonyl (C=O) groups excluding carboxylic acids is 1. The quantitative estimate of drug-likeness (QED) is 0.861. The van der Waals surface area contributed by atoms with Crippen LogP contribution in [-0.4, -0.2) is 22.4 Å². The second-order valence-electron chi connectivity index (χ2n) is 4.55. The van der Waals surface area contributed by atoms with Gasteiger partial charge < -0.3 is 9.47 Å². The lowest BCUT2D eigenvalue weighted by Crippen LogP contribution is -2.27. The molecule has 0 radical (unpaired) electrons. The molecule has 0 aliphatic heterocycles. The van der Waals surface area contributed by atoms with Crippen LogP contribution in [-0.2, 0) is 13.6 Å². The van der Waals surface area contributed by atoms with Gasteiger partial charge in [0, 0.05) is 31.2 Å². The van der Waals surface area contributed by atoms with Gasteiger partial charge in [0.25, 0.3) is 5.91 Å². The van der Waals surface area contributed by atoms with Gasteiger partial charge in [0.15, 0.2) is 0 Å². The number of thiophene rings is 1. The van der Waals surface area contributed by atoms with Gasteiger partial charge in [-0.1, -0.05) is 0 Å². The maximum atomic E-state index is 12.3. The second kappa shape index (κ2) is 5.40. The molecule has 0 spiro atoms. The smallest absolute Gasteiger partial charge is 0.255 e. The molecule has 0 saturated carbocycles. The SMILES string of the molecule is Cc1ccsc1CN(C)C(=O)c1ccc(=O)n(C)c1. The highest BCUT2D eigenvalue weighted by Crippen LogP contribution is 2.18. The minimum absolute atomic E-state index is 0.0802. The number of aromatic nitrogens is 1. The Balaban J connectivity index is 2.17. The van der Waals surface area contributed by atoms with Crippen molar-refractivity contribution in [2.45, 2.75) is 13.5 Å². The molecule has 5 heteroatoms. The van der Waals surface area contributed by atoms with E-state index in [1.54, 1.807) is 42.6 Å². The van der Waals surface area contributed by atoms with Crippen LogP contribution < -0.4 is 5.56 Å². The fourth-order valence-corrected chi connectivity index (χ4v) is 2.75. The summed E-state index contributed by atoms with van der Waals surface area (Å²) in [6.45, 7) is 2.63. The fourth-order valence-electron chi connectivity index (χ4n) is 1.79. The summed E-state index contributed by atoms with van der Waals surface area (Å²) < 4.78 is 1.41. The topological polar surface area (TPSA) is 42.3 Å². The maximum absolute atomic E-state index is 12.3. The van der Waals surface area contributed by atoms with Crippen LogP contribution in [0, 0.1) is 6.92 Å². The zero-order chi connectivity index (χ0) is 14.0. The molecule has 2 heterocycles. The Bertz CT molecular complexity index is 657. The van der Waals surface area contributed by atoms with Crippen molar-refractivity contribution in [2.24, 2.45) is 7.05 Å². The van der Waals surface area contributed by atoms with Crippen molar-refractivity contribution >= 4 is 17.2 Å². The Morgan fingerprint density at radius 2 is 2.11 bits per heavy atom. The van der Waals surface area contributed by atoms with Crippen molar-refractivity contribution in [3.63, 3.8) is 0 Å². The molecule has 0 unspecified atom stereocenters. The van der Waals surface area contributed by atoms with Crippen LogP contribution in [0.3, 0.4) is 0 Å². The van der Waals surface area contributed by atoms with Gasteiger partial charge in [-0.2, -0.15) is 0 Å². The zero-order valence-corrected chi connectivity index (χ0v) is 12.0. The standard InChI is InChI=1S/C14H16N2O2S/c1-10-6-7-19-12(10)9-16(3)14(18)11-4-5-13(17)15(2)8-11/h4-8H,9H2,1-3H3. The summed E-state index contributed by atoms with van der Waals surface area (Å²) in [4.78, 5) is 26.4. The first-order valence-corrected chi connectivity index (χ1v) is 6.82. The molecule has 0 bridgehead atoms. The zero-order valence-electron chi connectivity index (χ0n) is 11.2. The highest BCUT2D eigenvalue weighted by molar-refractivity contribution is 7.10. The Morgan fingerprint density at radius 1 is 1.37 bits per heavy atom. The number of amides is 1. The van der Waals surface area contributed by atoms with Gasteiger partial charge in [-0.3, -0.25) is 9.59 Å². The van der Waals surface area contributed by atoms with Crippen molar-refractivity contribution < 1.29 is 4.79 Å². The molecule has 4 nitrogen and oxygen atoms in total. The monoisotopic (exact) mass is 276 g/mol. The summed E-state index contributed by atoms with van der Waals surface area (Å²) in [6, 6.07) is 5.03. The van der Waals surface area contributed by atoms with Crippen LogP contribution in [0.4, 0.5) is 0 Å². The number of rotatable bonds is 3. The molecule has 0 atom stereocenters. The molecule has 0 saturated heterocycles. The molecule has 1 amide bonds. The Labute approximate surface area is 115 Å². The summed E-state index contributed by atoms with van der Waals surface area (Å²) >= 11 is 1.65. The average Bonchev–Trinajstić information content (AvgIpc) is 2.77. The number of aryl methyl sites for hydroxylation is 2. The Morgan fingerprint density at radius 3 is 2.68 bits per heavy atom. The minimum Gasteiger partial charge on any atom is -0.337 e. The molecule has 0 aliphatic rings. The summed E-state index contributed by atoms with van der Waals surface area (Å²) in [6.07, 6.45) is 1.57. The van der Waals surface area contributed by atoms with E-state index >= 15 is 0 Å². The van der Waals surface area contributed by atoms with E-state index in [1.807, 2.05) is 18.4 Å². The van der Waals surface area contributed by atoms with Crippen LogP contribution in [0.5, 0.6) is 0 Å². The predicted molar refractivity (Wildman–Crippen MR) is 76.5 cm³/mol. The highest BCUT2D eigenvalue weighted by Gasteiger charge is 2.14. The number of hydrogen-bond acceptors (Lipinski definition) is 3. The third-order valence-corrected chi connectivity index (χ3v) is 4.04. The molecule has 0 aromatic carbocycles. The van der Waals surface area contributed by atoms with Gasteiger partial charge in [-0.15, -0.1) is 11.3 Å². The van der Waals surface area contributed by atoms with Crippen molar-refractivity contribution in [1.29, 1.82) is 0 Å². The van der Waals surface area contributed by atoms with Gasteiger partial charge in [-0.25, -0.2) is 0 Å². The predicted octanol–water partition coefficient (Wildman–Crippen LogP) is 2.03. The van der Waals surface area contributed by atoms with Crippen LogP contribution in [0.25, 0.3) is 0 Å². The molecular weight excluding hydrogens is 260 g/mol.